The minimum absolute atomic E-state index is 0.250. The van der Waals surface area contributed by atoms with Crippen molar-refractivity contribution in [2.24, 2.45) is 0 Å². The third-order valence-corrected chi connectivity index (χ3v) is 7.04. The van der Waals surface area contributed by atoms with Gasteiger partial charge in [-0.15, -0.1) is 0 Å². The second-order valence-electron chi connectivity index (χ2n) is 6.23. The Kier molecular flexibility index (Phi) is 6.12. The fraction of sp³-hybridized carbons (Fsp3) is 0.375. The first-order valence-electron chi connectivity index (χ1n) is 7.56. The molecule has 2 aromatic heterocycles. The van der Waals surface area contributed by atoms with E-state index < -0.39 is 7.81 Å². The van der Waals surface area contributed by atoms with Crippen LogP contribution < -0.4 is 27.3 Å². The van der Waals surface area contributed by atoms with Crippen molar-refractivity contribution in [3.8, 4) is 0 Å². The maximum absolute atomic E-state index is 10.7. The Morgan fingerprint density at radius 2 is 0.769 bits per heavy atom. The van der Waals surface area contributed by atoms with Gasteiger partial charge in [0, 0.05) is 0 Å². The van der Waals surface area contributed by atoms with E-state index >= 15 is 0 Å². The molecule has 0 saturated carbocycles. The van der Waals surface area contributed by atoms with Gasteiger partial charge in [0.25, 0.3) is 0 Å². The van der Waals surface area contributed by atoms with Gasteiger partial charge in [0.2, 0.25) is 0 Å². The van der Waals surface area contributed by atoms with Gasteiger partial charge < -0.3 is 0 Å². The van der Waals surface area contributed by atoms with E-state index in [9.17, 15) is 25.2 Å². The molecule has 10 heteroatoms. The van der Waals surface area contributed by atoms with Crippen LogP contribution in [0.1, 0.15) is 33.9 Å². The Bertz CT molecular complexity index is 722. The van der Waals surface area contributed by atoms with E-state index in [1.165, 1.54) is 33.9 Å². The number of hydrogen-bond donors (Lipinski definition) is 0. The van der Waals surface area contributed by atoms with Gasteiger partial charge in [-0.2, -0.15) is 0 Å². The van der Waals surface area contributed by atoms with Gasteiger partial charge in [-0.05, 0) is 0 Å². The molecule has 0 N–H and O–H groups in total. The van der Waals surface area contributed by atoms with Crippen LogP contribution in [0.5, 0.6) is 0 Å². The van der Waals surface area contributed by atoms with Crippen LogP contribution in [0.25, 0.3) is 0 Å². The van der Waals surface area contributed by atoms with E-state index in [-0.39, 0.29) is 21.8 Å². The molecule has 2 nitrogen and oxygen atoms in total. The van der Waals surface area contributed by atoms with Crippen LogP contribution in [0, 0.1) is 41.5 Å². The average Bonchev–Trinajstić information content (AvgIpc) is 2.31. The first-order valence-corrected chi connectivity index (χ1v) is 11.5. The number of rotatable bonds is 2. The molecule has 0 radical (unpaired) electrons. The van der Waals surface area contributed by atoms with Gasteiger partial charge in [0.1, 0.15) is 0 Å². The molecule has 0 fully saturated rings. The summed E-state index contributed by atoms with van der Waals surface area (Å²) in [6.07, 6.45) is 0. The van der Waals surface area contributed by atoms with E-state index in [0.29, 0.717) is 0 Å². The molecule has 0 aliphatic carbocycles. The third kappa shape index (κ3) is 9.12. The summed E-state index contributed by atoms with van der Waals surface area (Å²) in [7, 11) is -10.7. The normalized spacial score (nSPS) is 14.3. The summed E-state index contributed by atoms with van der Waals surface area (Å²) < 4.78 is 64.1. The molecule has 2 rings (SSSR count). The van der Waals surface area contributed by atoms with Gasteiger partial charge >= 0.3 is 160 Å². The molecule has 0 aliphatic heterocycles. The van der Waals surface area contributed by atoms with E-state index in [1.54, 1.807) is 0 Å². The molecule has 0 bridgehead atoms. The Morgan fingerprint density at radius 3 is 0.962 bits per heavy atom. The minimum atomic E-state index is -10.7. The first-order chi connectivity index (χ1) is 11.3. The number of halogens is 7. The van der Waals surface area contributed by atoms with Crippen molar-refractivity contribution in [3.05, 3.63) is 58.2 Å². The van der Waals surface area contributed by atoms with Crippen LogP contribution >= 0.6 is 7.81 Å². The van der Waals surface area contributed by atoms with Crippen LogP contribution in [0.3, 0.4) is 0 Å². The maximum atomic E-state index is 9.87. The van der Waals surface area contributed by atoms with Gasteiger partial charge in [-0.25, -0.2) is 0 Å². The zero-order valence-electron chi connectivity index (χ0n) is 15.3. The first kappa shape index (κ1) is 23.1. The van der Waals surface area contributed by atoms with E-state index in [4.69, 9.17) is 0 Å². The van der Waals surface area contributed by atoms with Crippen molar-refractivity contribution >= 4 is 7.81 Å². The van der Waals surface area contributed by atoms with Gasteiger partial charge in [-0.1, -0.05) is 0 Å². The molecule has 0 spiro atoms. The third-order valence-electron chi connectivity index (χ3n) is 3.14. The van der Waals surface area contributed by atoms with Crippen LogP contribution in [0.15, 0.2) is 24.3 Å². The Labute approximate surface area is 160 Å². The summed E-state index contributed by atoms with van der Waals surface area (Å²) in [5, 5.41) is 0. The standard InChI is InChI=1S/C16H22IN2.F6P/c1-11-7-13(3)18(14(4)8-11)17-19-15(5)9-12(2)10-16(19)6;1-7(2,3,4,5)6/h7-10H,1-6H3;/q+1;-1. The zero-order chi connectivity index (χ0) is 20.6. The summed E-state index contributed by atoms with van der Waals surface area (Å²) in [4.78, 5) is 0. The molecule has 150 valence electrons. The number of aryl methyl sites for hydroxylation is 6. The second kappa shape index (κ2) is 6.89. The molecule has 0 aliphatic rings. The molecule has 0 aromatic carbocycles. The summed E-state index contributed by atoms with van der Waals surface area (Å²) >= 11 is -0.250. The summed E-state index contributed by atoms with van der Waals surface area (Å²) in [5.74, 6) is 0. The van der Waals surface area contributed by atoms with Crippen molar-refractivity contribution in [1.29, 1.82) is 0 Å². The predicted molar refractivity (Wildman–Crippen MR) is 86.1 cm³/mol. The van der Waals surface area contributed by atoms with E-state index in [2.05, 4.69) is 71.4 Å². The monoisotopic (exact) mass is 514 g/mol. The molecule has 0 saturated heterocycles. The Hall–Kier alpha value is -0.960. The van der Waals surface area contributed by atoms with Gasteiger partial charge in [0.05, 0.1) is 0 Å². The van der Waals surface area contributed by atoms with Crippen LogP contribution in [-0.4, -0.2) is 0 Å². The SMILES string of the molecule is Cc1cc(C)[n+]([I-][n+]2c(C)cc(C)cc2C)c(C)c1.F[P-](F)(F)(F)(F)F. The summed E-state index contributed by atoms with van der Waals surface area (Å²) in [6.45, 7) is 13.2. The average molecular weight is 514 g/mol. The van der Waals surface area contributed by atoms with Crippen molar-refractivity contribution in [2.45, 2.75) is 41.5 Å². The Balaban J connectivity index is 0.000000412. The van der Waals surface area contributed by atoms with Gasteiger partial charge in [0.15, 0.2) is 0 Å². The molecule has 2 aromatic rings. The van der Waals surface area contributed by atoms with Crippen LogP contribution in [0.2, 0.25) is 0 Å². The van der Waals surface area contributed by atoms with E-state index in [0.717, 1.165) is 0 Å². The zero-order valence-corrected chi connectivity index (χ0v) is 18.3. The topological polar surface area (TPSA) is 7.76 Å². The Morgan fingerprint density at radius 1 is 0.577 bits per heavy atom. The van der Waals surface area contributed by atoms with Crippen molar-refractivity contribution < 1.29 is 52.5 Å². The molecule has 26 heavy (non-hydrogen) atoms. The second-order valence-corrected chi connectivity index (χ2v) is 10.5. The van der Waals surface area contributed by atoms with E-state index in [1.807, 2.05) is 0 Å². The van der Waals surface area contributed by atoms with Crippen LogP contribution in [-0.2, 0) is 0 Å². The number of aromatic nitrogens is 2. The van der Waals surface area contributed by atoms with Crippen molar-refractivity contribution in [2.75, 3.05) is 0 Å². The quantitative estimate of drug-likeness (QED) is 0.331. The number of nitrogens with zero attached hydrogens (tertiary/aromatic N) is 2. The molecule has 0 unspecified atom stereocenters. The van der Waals surface area contributed by atoms with Crippen LogP contribution in [0.4, 0.5) is 25.2 Å². The number of pyridine rings is 2. The fourth-order valence-corrected chi connectivity index (χ4v) is 4.85. The van der Waals surface area contributed by atoms with Crippen molar-refractivity contribution in [3.63, 3.8) is 0 Å². The van der Waals surface area contributed by atoms with Crippen molar-refractivity contribution in [1.82, 2.24) is 0 Å². The molecule has 0 atom stereocenters. The summed E-state index contributed by atoms with van der Waals surface area (Å²) in [5.41, 5.74) is 8.12. The molecular weight excluding hydrogens is 492 g/mol. The van der Waals surface area contributed by atoms with Gasteiger partial charge in [-0.3, -0.25) is 0 Å². The molecular formula is C16H22F6IN2P. The number of hydrogen-bond acceptors (Lipinski definition) is 0. The summed E-state index contributed by atoms with van der Waals surface area (Å²) in [6, 6.07) is 9.08. The fourth-order valence-electron chi connectivity index (χ4n) is 2.50. The molecule has 2 heterocycles. The molecule has 0 amide bonds. The predicted octanol–water partition coefficient (Wildman–Crippen LogP) is 2.81.